The normalized spacial score (nSPS) is 16.9. The number of pyridine rings is 1. The number of aromatic nitrogens is 1. The van der Waals surface area contributed by atoms with Crippen LogP contribution in [0, 0.1) is 12.7 Å². The fourth-order valence-electron chi connectivity index (χ4n) is 4.70. The van der Waals surface area contributed by atoms with Crippen LogP contribution in [0.4, 0.5) is 14.2 Å². The summed E-state index contributed by atoms with van der Waals surface area (Å²) in [5.74, 6) is -0.603. The minimum Gasteiger partial charge on any atom is -0.338 e. The van der Waals surface area contributed by atoms with Gasteiger partial charge >= 0.3 is 6.03 Å². The lowest BCUT2D eigenvalue weighted by atomic mass is 9.87. The predicted octanol–water partition coefficient (Wildman–Crippen LogP) is 5.24. The van der Waals surface area contributed by atoms with Gasteiger partial charge in [0.25, 0.3) is 5.91 Å². The van der Waals surface area contributed by atoms with Crippen molar-refractivity contribution in [3.05, 3.63) is 53.0 Å². The SMILES string of the molecule is CCNC(=O)Nc1sc2nc(C)ccc2c1C(=O)N1CCC2(CC1)CC(=O)c1cc(F)ccc1S2. The molecule has 2 N–H and O–H groups in total. The first-order valence-corrected chi connectivity index (χ1v) is 13.2. The summed E-state index contributed by atoms with van der Waals surface area (Å²) in [5.41, 5.74) is 1.74. The molecule has 5 rings (SSSR count). The Balaban J connectivity index is 1.38. The number of piperidine rings is 1. The number of fused-ring (bicyclic) bond motifs is 2. The highest BCUT2D eigenvalue weighted by Gasteiger charge is 2.43. The Morgan fingerprint density at radius 3 is 2.71 bits per heavy atom. The number of likely N-dealkylation sites (tertiary alicyclic amines) is 1. The minimum atomic E-state index is -0.404. The molecule has 2 aliphatic heterocycles. The first-order chi connectivity index (χ1) is 16.8. The maximum Gasteiger partial charge on any atom is 0.319 e. The van der Waals surface area contributed by atoms with Crippen LogP contribution in [0.15, 0.2) is 35.2 Å². The zero-order chi connectivity index (χ0) is 24.7. The van der Waals surface area contributed by atoms with Crippen LogP contribution in [-0.2, 0) is 0 Å². The zero-order valence-electron chi connectivity index (χ0n) is 19.4. The van der Waals surface area contributed by atoms with E-state index in [9.17, 15) is 18.8 Å². The van der Waals surface area contributed by atoms with Crippen LogP contribution in [0.5, 0.6) is 0 Å². The quantitative estimate of drug-likeness (QED) is 0.501. The topological polar surface area (TPSA) is 91.4 Å². The summed E-state index contributed by atoms with van der Waals surface area (Å²) in [5, 5.41) is 6.72. The molecule has 0 bridgehead atoms. The van der Waals surface area contributed by atoms with E-state index in [1.54, 1.807) is 22.7 Å². The number of carbonyl (C=O) groups is 3. The van der Waals surface area contributed by atoms with Crippen LogP contribution in [-0.4, -0.2) is 52.0 Å². The maximum atomic E-state index is 13.7. The first-order valence-electron chi connectivity index (χ1n) is 11.5. The van der Waals surface area contributed by atoms with Crippen LogP contribution in [0.3, 0.4) is 0 Å². The molecule has 182 valence electrons. The highest BCUT2D eigenvalue weighted by atomic mass is 32.2. The minimum absolute atomic E-state index is 0.0447. The number of ketones is 1. The second-order valence-corrected chi connectivity index (χ2v) is 11.4. The van der Waals surface area contributed by atoms with Crippen LogP contribution in [0.25, 0.3) is 10.2 Å². The Kier molecular flexibility index (Phi) is 6.27. The van der Waals surface area contributed by atoms with Crippen LogP contribution in [0.2, 0.25) is 0 Å². The molecule has 1 spiro atoms. The van der Waals surface area contributed by atoms with Gasteiger partial charge in [0.2, 0.25) is 0 Å². The third-order valence-corrected chi connectivity index (χ3v) is 9.06. The van der Waals surface area contributed by atoms with E-state index >= 15 is 0 Å². The van der Waals surface area contributed by atoms with Crippen molar-refractivity contribution in [3.63, 3.8) is 0 Å². The van der Waals surface area contributed by atoms with Gasteiger partial charge in [0.05, 0.1) is 5.56 Å². The Bertz CT molecular complexity index is 1350. The summed E-state index contributed by atoms with van der Waals surface area (Å²) in [6, 6.07) is 7.75. The number of nitrogens with one attached hydrogen (secondary N) is 2. The maximum absolute atomic E-state index is 13.7. The molecule has 0 aliphatic carbocycles. The van der Waals surface area contributed by atoms with Gasteiger partial charge in [-0.25, -0.2) is 14.2 Å². The second kappa shape index (κ2) is 9.23. The Morgan fingerprint density at radius 1 is 1.20 bits per heavy atom. The van der Waals surface area contributed by atoms with Crippen LogP contribution in [0.1, 0.15) is 52.6 Å². The van der Waals surface area contributed by atoms with E-state index in [0.29, 0.717) is 59.9 Å². The molecular formula is C25H25FN4O3S2. The van der Waals surface area contributed by atoms with E-state index in [4.69, 9.17) is 0 Å². The number of carbonyl (C=O) groups excluding carboxylic acids is 3. The zero-order valence-corrected chi connectivity index (χ0v) is 21.1. The summed E-state index contributed by atoms with van der Waals surface area (Å²) in [7, 11) is 0. The molecule has 0 atom stereocenters. The molecule has 0 unspecified atom stereocenters. The van der Waals surface area contributed by atoms with Gasteiger partial charge in [-0.3, -0.25) is 14.9 Å². The van der Waals surface area contributed by atoms with E-state index in [-0.39, 0.29) is 22.5 Å². The standard InChI is InChI=1S/C25H25FN4O3S2/c1-3-27-24(33)29-22-20(16-6-4-14(2)28-21(16)34-22)23(32)30-10-8-25(9-11-30)13-18(31)17-12-15(26)5-7-19(17)35-25/h4-7,12H,3,8-11,13H2,1-2H3,(H2,27,29,33). The van der Waals surface area contributed by atoms with E-state index in [2.05, 4.69) is 15.6 Å². The molecular weight excluding hydrogens is 487 g/mol. The molecule has 1 aromatic carbocycles. The Morgan fingerprint density at radius 2 is 1.97 bits per heavy atom. The number of aryl methyl sites for hydroxylation is 1. The highest BCUT2D eigenvalue weighted by Crippen LogP contribution is 2.49. The van der Waals surface area contributed by atoms with Crippen molar-refractivity contribution < 1.29 is 18.8 Å². The number of hydrogen-bond acceptors (Lipinski definition) is 6. The first kappa shape index (κ1) is 23.7. The Labute approximate surface area is 210 Å². The summed E-state index contributed by atoms with van der Waals surface area (Å²) in [6.07, 6.45) is 1.65. The van der Waals surface area contributed by atoms with Crippen molar-refractivity contribution in [3.8, 4) is 0 Å². The lowest BCUT2D eigenvalue weighted by Crippen LogP contribution is -2.47. The van der Waals surface area contributed by atoms with E-state index in [1.165, 1.54) is 23.5 Å². The summed E-state index contributed by atoms with van der Waals surface area (Å²) >= 11 is 2.92. The average Bonchev–Trinajstić information content (AvgIpc) is 3.16. The number of nitrogens with zero attached hydrogens (tertiary/aromatic N) is 2. The molecule has 1 fully saturated rings. The van der Waals surface area contributed by atoms with Gasteiger partial charge < -0.3 is 10.2 Å². The summed E-state index contributed by atoms with van der Waals surface area (Å²) in [4.78, 5) is 46.6. The number of thioether (sulfide) groups is 1. The number of halogens is 1. The van der Waals surface area contributed by atoms with Crippen LogP contribution >= 0.6 is 23.1 Å². The lowest BCUT2D eigenvalue weighted by molar-refractivity contribution is 0.0699. The molecule has 10 heteroatoms. The van der Waals surface area contributed by atoms with Crippen molar-refractivity contribution in [1.82, 2.24) is 15.2 Å². The second-order valence-electron chi connectivity index (χ2n) is 8.91. The fraction of sp³-hybridized carbons (Fsp3) is 0.360. The highest BCUT2D eigenvalue weighted by molar-refractivity contribution is 8.01. The number of Topliss-reactive ketones (excluding diaryl/α,β-unsaturated/α-hetero) is 1. The molecule has 0 radical (unpaired) electrons. The number of benzene rings is 1. The van der Waals surface area contributed by atoms with Gasteiger partial charge in [-0.15, -0.1) is 11.8 Å². The molecule has 1 saturated heterocycles. The average molecular weight is 513 g/mol. The van der Waals surface area contributed by atoms with Crippen molar-refractivity contribution in [2.75, 3.05) is 25.0 Å². The molecule has 35 heavy (non-hydrogen) atoms. The number of amides is 3. The predicted molar refractivity (Wildman–Crippen MR) is 136 cm³/mol. The van der Waals surface area contributed by atoms with Gasteiger partial charge in [-0.05, 0) is 57.0 Å². The monoisotopic (exact) mass is 512 g/mol. The van der Waals surface area contributed by atoms with E-state index in [1.807, 2.05) is 26.0 Å². The fourth-order valence-corrected chi connectivity index (χ4v) is 7.28. The summed E-state index contributed by atoms with van der Waals surface area (Å²) < 4.78 is 13.3. The lowest BCUT2D eigenvalue weighted by Gasteiger charge is -2.43. The molecule has 4 heterocycles. The number of anilines is 1. The number of hydrogen-bond donors (Lipinski definition) is 2. The van der Waals surface area contributed by atoms with Crippen molar-refractivity contribution in [1.29, 1.82) is 0 Å². The molecule has 3 amide bonds. The molecule has 2 aliphatic rings. The summed E-state index contributed by atoms with van der Waals surface area (Å²) in [6.45, 7) is 5.17. The third kappa shape index (κ3) is 4.52. The van der Waals surface area contributed by atoms with Crippen LogP contribution < -0.4 is 10.6 Å². The Hall–Kier alpha value is -2.98. The van der Waals surface area contributed by atoms with Crippen molar-refractivity contribution in [2.45, 2.75) is 42.8 Å². The van der Waals surface area contributed by atoms with Gasteiger partial charge in [0.1, 0.15) is 15.6 Å². The van der Waals surface area contributed by atoms with Gasteiger partial charge in [-0.2, -0.15) is 0 Å². The number of rotatable bonds is 3. The van der Waals surface area contributed by atoms with E-state index < -0.39 is 5.82 Å². The van der Waals surface area contributed by atoms with Gasteiger partial charge in [0, 0.05) is 52.3 Å². The number of thiophene rings is 1. The molecule has 3 aromatic rings. The van der Waals surface area contributed by atoms with Gasteiger partial charge in [-0.1, -0.05) is 11.3 Å². The molecule has 0 saturated carbocycles. The smallest absolute Gasteiger partial charge is 0.319 e. The van der Waals surface area contributed by atoms with Gasteiger partial charge in [0.15, 0.2) is 5.78 Å². The molecule has 7 nitrogen and oxygen atoms in total. The third-order valence-electron chi connectivity index (χ3n) is 6.49. The van der Waals surface area contributed by atoms with Crippen molar-refractivity contribution >= 4 is 56.0 Å². The van der Waals surface area contributed by atoms with E-state index in [0.717, 1.165) is 16.0 Å². The molecule has 2 aromatic heterocycles. The van der Waals surface area contributed by atoms with Crippen molar-refractivity contribution in [2.24, 2.45) is 0 Å². The number of urea groups is 1. The largest absolute Gasteiger partial charge is 0.338 e.